The van der Waals surface area contributed by atoms with Crippen molar-refractivity contribution in [3.63, 3.8) is 0 Å². The summed E-state index contributed by atoms with van der Waals surface area (Å²) in [5.74, 6) is -0.903. The lowest BCUT2D eigenvalue weighted by atomic mass is 10.1. The first-order valence-corrected chi connectivity index (χ1v) is 8.53. The molecule has 0 saturated carbocycles. The van der Waals surface area contributed by atoms with Gasteiger partial charge in [0.05, 0.1) is 16.8 Å². The minimum Gasteiger partial charge on any atom is -0.300 e. The van der Waals surface area contributed by atoms with Gasteiger partial charge in [0, 0.05) is 22.6 Å². The van der Waals surface area contributed by atoms with Crippen molar-refractivity contribution in [1.82, 2.24) is 9.55 Å². The van der Waals surface area contributed by atoms with E-state index >= 15 is 0 Å². The molecule has 1 N–H and O–H groups in total. The zero-order valence-electron chi connectivity index (χ0n) is 14.0. The van der Waals surface area contributed by atoms with Gasteiger partial charge in [0.2, 0.25) is 5.91 Å². The van der Waals surface area contributed by atoms with Crippen molar-refractivity contribution < 1.29 is 14.1 Å². The highest BCUT2D eigenvalue weighted by atomic mass is 32.1. The van der Waals surface area contributed by atoms with Gasteiger partial charge in [-0.15, -0.1) is 11.3 Å². The van der Waals surface area contributed by atoms with Crippen molar-refractivity contribution in [2.75, 3.05) is 5.32 Å². The molecular weight excluding hydrogens is 375 g/mol. The van der Waals surface area contributed by atoms with Gasteiger partial charge in [0.15, 0.2) is 5.13 Å². The predicted octanol–water partition coefficient (Wildman–Crippen LogP) is 2.97. The van der Waals surface area contributed by atoms with Crippen molar-refractivity contribution in [3.8, 4) is 11.3 Å². The lowest BCUT2D eigenvalue weighted by molar-refractivity contribution is -0.385. The molecule has 0 atom stereocenters. The van der Waals surface area contributed by atoms with Crippen LogP contribution < -0.4 is 10.9 Å². The maximum absolute atomic E-state index is 13.1. The molecule has 0 fully saturated rings. The van der Waals surface area contributed by atoms with Crippen LogP contribution >= 0.6 is 11.3 Å². The third-order valence-corrected chi connectivity index (χ3v) is 4.54. The number of nitrogens with zero attached hydrogens (tertiary/aromatic N) is 3. The number of carbonyl (C=O) groups is 1. The number of anilines is 1. The summed E-state index contributed by atoms with van der Waals surface area (Å²) in [7, 11) is 0. The van der Waals surface area contributed by atoms with Crippen molar-refractivity contribution in [2.45, 2.75) is 13.5 Å². The molecule has 0 spiro atoms. The van der Waals surface area contributed by atoms with Gasteiger partial charge in [0.1, 0.15) is 12.4 Å². The van der Waals surface area contributed by atoms with E-state index in [4.69, 9.17) is 0 Å². The number of hydrogen-bond acceptors (Lipinski definition) is 6. The lowest BCUT2D eigenvalue weighted by Crippen LogP contribution is -2.26. The average molecular weight is 388 g/mol. The van der Waals surface area contributed by atoms with Crippen LogP contribution in [-0.4, -0.2) is 20.4 Å². The van der Waals surface area contributed by atoms with Crippen LogP contribution in [-0.2, 0) is 11.3 Å². The zero-order valence-corrected chi connectivity index (χ0v) is 14.8. The summed E-state index contributed by atoms with van der Waals surface area (Å²) in [6, 6.07) is 7.93. The fourth-order valence-corrected chi connectivity index (χ4v) is 3.24. The number of rotatable bonds is 5. The molecule has 10 heteroatoms. The molecule has 8 nitrogen and oxygen atoms in total. The zero-order chi connectivity index (χ0) is 19.6. The molecule has 3 rings (SSSR count). The maximum Gasteiger partial charge on any atom is 0.285 e. The highest BCUT2D eigenvalue weighted by molar-refractivity contribution is 7.16. The molecule has 0 unspecified atom stereocenters. The second-order valence-corrected chi connectivity index (χ2v) is 6.79. The van der Waals surface area contributed by atoms with Gasteiger partial charge in [-0.05, 0) is 31.2 Å². The Hall–Kier alpha value is -3.40. The van der Waals surface area contributed by atoms with Crippen LogP contribution in [0.15, 0.2) is 47.4 Å². The maximum atomic E-state index is 13.1. The smallest absolute Gasteiger partial charge is 0.285 e. The van der Waals surface area contributed by atoms with Crippen molar-refractivity contribution >= 4 is 28.1 Å². The van der Waals surface area contributed by atoms with E-state index in [0.29, 0.717) is 16.4 Å². The monoisotopic (exact) mass is 388 g/mol. The molecule has 0 radical (unpaired) electrons. The topological polar surface area (TPSA) is 107 Å². The number of carbonyl (C=O) groups excluding carboxylic acids is 1. The Morgan fingerprint density at radius 2 is 2.00 bits per heavy atom. The van der Waals surface area contributed by atoms with E-state index in [9.17, 15) is 24.1 Å². The average Bonchev–Trinajstić information content (AvgIpc) is 2.97. The van der Waals surface area contributed by atoms with Crippen molar-refractivity contribution in [1.29, 1.82) is 0 Å². The standard InChI is InChI=1S/C17H13FN4O4S/c1-10-16(11-2-4-12(18)5-3-11)20-17(27-10)19-14(23)9-21-8-13(22(25)26)6-7-15(21)24/h2-8H,9H2,1H3,(H,19,20,23). The highest BCUT2D eigenvalue weighted by Crippen LogP contribution is 2.30. The molecule has 0 aliphatic heterocycles. The van der Waals surface area contributed by atoms with E-state index in [1.165, 1.54) is 23.5 Å². The second kappa shape index (κ2) is 7.46. The fraction of sp³-hybridized carbons (Fsp3) is 0.118. The molecular formula is C17H13FN4O4S. The largest absolute Gasteiger partial charge is 0.300 e. The third kappa shape index (κ3) is 4.23. The van der Waals surface area contributed by atoms with E-state index in [0.717, 1.165) is 27.8 Å². The summed E-state index contributed by atoms with van der Waals surface area (Å²) in [5, 5.41) is 13.7. The number of amides is 1. The van der Waals surface area contributed by atoms with Crippen LogP contribution in [0.3, 0.4) is 0 Å². The first-order valence-electron chi connectivity index (χ1n) is 7.71. The molecule has 2 aromatic heterocycles. The Morgan fingerprint density at radius 1 is 1.30 bits per heavy atom. The minimum absolute atomic E-state index is 0.286. The molecule has 1 aromatic carbocycles. The number of aryl methyl sites for hydroxylation is 1. The Labute approximate surface area is 156 Å². The molecule has 3 aromatic rings. The molecule has 0 aliphatic carbocycles. The number of halogens is 1. The van der Waals surface area contributed by atoms with Crippen LogP contribution in [0, 0.1) is 22.9 Å². The van der Waals surface area contributed by atoms with E-state index in [1.54, 1.807) is 12.1 Å². The normalized spacial score (nSPS) is 10.6. The number of aromatic nitrogens is 2. The Balaban J connectivity index is 1.76. The Morgan fingerprint density at radius 3 is 2.67 bits per heavy atom. The van der Waals surface area contributed by atoms with E-state index in [2.05, 4.69) is 10.3 Å². The third-order valence-electron chi connectivity index (χ3n) is 3.65. The van der Waals surface area contributed by atoms with Gasteiger partial charge in [0.25, 0.3) is 11.2 Å². The van der Waals surface area contributed by atoms with Crippen LogP contribution in [0.25, 0.3) is 11.3 Å². The quantitative estimate of drug-likeness (QED) is 0.534. The van der Waals surface area contributed by atoms with Crippen LogP contribution in [0.1, 0.15) is 4.88 Å². The van der Waals surface area contributed by atoms with Gasteiger partial charge in [-0.3, -0.25) is 24.3 Å². The molecule has 2 heterocycles. The van der Waals surface area contributed by atoms with Crippen LogP contribution in [0.4, 0.5) is 15.2 Å². The first kappa shape index (κ1) is 18.4. The summed E-state index contributed by atoms with van der Waals surface area (Å²) in [5.41, 5.74) is 0.507. The van der Waals surface area contributed by atoms with Crippen LogP contribution in [0.2, 0.25) is 0 Å². The molecule has 138 valence electrons. The Kier molecular flexibility index (Phi) is 5.08. The molecule has 1 amide bonds. The van der Waals surface area contributed by atoms with Crippen molar-refractivity contribution in [3.05, 3.63) is 73.8 Å². The Bertz CT molecular complexity index is 1080. The summed E-state index contributed by atoms with van der Waals surface area (Å²) >= 11 is 1.23. The molecule has 0 bridgehead atoms. The first-order chi connectivity index (χ1) is 12.8. The second-order valence-electron chi connectivity index (χ2n) is 5.59. The van der Waals surface area contributed by atoms with E-state index in [1.807, 2.05) is 6.92 Å². The number of benzene rings is 1. The fourth-order valence-electron chi connectivity index (χ4n) is 2.39. The number of thiazole rings is 1. The van der Waals surface area contributed by atoms with Crippen molar-refractivity contribution in [2.24, 2.45) is 0 Å². The predicted molar refractivity (Wildman–Crippen MR) is 98.2 cm³/mol. The SMILES string of the molecule is Cc1sc(NC(=O)Cn2cc([N+](=O)[O-])ccc2=O)nc1-c1ccc(F)cc1. The lowest BCUT2D eigenvalue weighted by Gasteiger charge is -2.05. The van der Waals surface area contributed by atoms with Gasteiger partial charge in [-0.2, -0.15) is 0 Å². The van der Waals surface area contributed by atoms with Gasteiger partial charge in [-0.1, -0.05) is 0 Å². The van der Waals surface area contributed by atoms with Gasteiger partial charge >= 0.3 is 0 Å². The number of hydrogen-bond donors (Lipinski definition) is 1. The number of pyridine rings is 1. The molecule has 27 heavy (non-hydrogen) atoms. The summed E-state index contributed by atoms with van der Waals surface area (Å²) in [6.07, 6.45) is 1.01. The van der Waals surface area contributed by atoms with E-state index in [-0.39, 0.29) is 18.0 Å². The van der Waals surface area contributed by atoms with Gasteiger partial charge in [-0.25, -0.2) is 9.37 Å². The summed E-state index contributed by atoms with van der Waals surface area (Å²) in [4.78, 5) is 39.3. The summed E-state index contributed by atoms with van der Waals surface area (Å²) < 4.78 is 14.0. The molecule has 0 saturated heterocycles. The van der Waals surface area contributed by atoms with Gasteiger partial charge < -0.3 is 5.32 Å². The molecule has 0 aliphatic rings. The highest BCUT2D eigenvalue weighted by Gasteiger charge is 2.14. The van der Waals surface area contributed by atoms with E-state index < -0.39 is 16.4 Å². The number of nitrogens with one attached hydrogen (secondary N) is 1. The minimum atomic E-state index is -0.646. The number of nitro groups is 1. The van der Waals surface area contributed by atoms with Crippen LogP contribution in [0.5, 0.6) is 0 Å². The summed E-state index contributed by atoms with van der Waals surface area (Å²) in [6.45, 7) is 1.43.